The van der Waals surface area contributed by atoms with E-state index < -0.39 is 0 Å². The molecule has 1 saturated heterocycles. The van der Waals surface area contributed by atoms with E-state index in [1.54, 1.807) is 0 Å². The SMILES string of the molecule is Cc1cc(C)nc(C[C@@H]2CCCCN2)c1. The van der Waals surface area contributed by atoms with Crippen LogP contribution in [-0.2, 0) is 6.42 Å². The molecular weight excluding hydrogens is 184 g/mol. The fourth-order valence-corrected chi connectivity index (χ4v) is 2.38. The predicted molar refractivity (Wildman–Crippen MR) is 63.1 cm³/mol. The van der Waals surface area contributed by atoms with Crippen molar-refractivity contribution in [3.05, 3.63) is 29.1 Å². The van der Waals surface area contributed by atoms with Crippen LogP contribution < -0.4 is 5.32 Å². The lowest BCUT2D eigenvalue weighted by atomic mass is 9.99. The van der Waals surface area contributed by atoms with Gasteiger partial charge in [-0.05, 0) is 50.9 Å². The van der Waals surface area contributed by atoms with E-state index in [0.29, 0.717) is 6.04 Å². The minimum absolute atomic E-state index is 0.646. The Balaban J connectivity index is 2.02. The highest BCUT2D eigenvalue weighted by Crippen LogP contribution is 2.13. The Hall–Kier alpha value is -0.890. The summed E-state index contributed by atoms with van der Waals surface area (Å²) in [5, 5.41) is 3.57. The van der Waals surface area contributed by atoms with Crippen molar-refractivity contribution in [1.29, 1.82) is 0 Å². The number of nitrogens with zero attached hydrogens (tertiary/aromatic N) is 1. The third kappa shape index (κ3) is 3.03. The standard InChI is InChI=1S/C13H20N2/c1-10-7-11(2)15-13(8-10)9-12-5-3-4-6-14-12/h7-8,12,14H,3-6,9H2,1-2H3/t12-/m0/s1. The van der Waals surface area contributed by atoms with Gasteiger partial charge in [-0.1, -0.05) is 6.42 Å². The molecule has 1 atom stereocenters. The van der Waals surface area contributed by atoms with Gasteiger partial charge in [0.2, 0.25) is 0 Å². The lowest BCUT2D eigenvalue weighted by molar-refractivity contribution is 0.397. The van der Waals surface area contributed by atoms with Crippen LogP contribution in [0.3, 0.4) is 0 Å². The smallest absolute Gasteiger partial charge is 0.0424 e. The Morgan fingerprint density at radius 1 is 1.33 bits per heavy atom. The summed E-state index contributed by atoms with van der Waals surface area (Å²) in [6, 6.07) is 4.99. The van der Waals surface area contributed by atoms with Crippen molar-refractivity contribution in [3.8, 4) is 0 Å². The van der Waals surface area contributed by atoms with Crippen LogP contribution >= 0.6 is 0 Å². The van der Waals surface area contributed by atoms with Gasteiger partial charge in [-0.2, -0.15) is 0 Å². The molecule has 1 aromatic rings. The van der Waals surface area contributed by atoms with E-state index in [2.05, 4.69) is 36.3 Å². The number of hydrogen-bond acceptors (Lipinski definition) is 2. The maximum Gasteiger partial charge on any atom is 0.0424 e. The maximum atomic E-state index is 4.59. The molecule has 0 saturated carbocycles. The lowest BCUT2D eigenvalue weighted by Crippen LogP contribution is -2.35. The largest absolute Gasteiger partial charge is 0.314 e. The van der Waals surface area contributed by atoms with Crippen LogP contribution in [0.25, 0.3) is 0 Å². The molecule has 2 heterocycles. The Labute approximate surface area is 92.1 Å². The average Bonchev–Trinajstić information content (AvgIpc) is 2.17. The minimum atomic E-state index is 0.646. The van der Waals surface area contributed by atoms with Gasteiger partial charge in [0.25, 0.3) is 0 Å². The van der Waals surface area contributed by atoms with Crippen LogP contribution in [0.2, 0.25) is 0 Å². The predicted octanol–water partition coefficient (Wildman–Crippen LogP) is 2.38. The molecule has 82 valence electrons. The Morgan fingerprint density at radius 3 is 2.87 bits per heavy atom. The van der Waals surface area contributed by atoms with Crippen LogP contribution in [-0.4, -0.2) is 17.6 Å². The first-order chi connectivity index (χ1) is 7.24. The van der Waals surface area contributed by atoms with Crippen LogP contribution in [0.4, 0.5) is 0 Å². The Morgan fingerprint density at radius 2 is 2.20 bits per heavy atom. The van der Waals surface area contributed by atoms with Gasteiger partial charge in [0.15, 0.2) is 0 Å². The molecule has 1 aliphatic heterocycles. The molecule has 0 radical (unpaired) electrons. The summed E-state index contributed by atoms with van der Waals surface area (Å²) in [4.78, 5) is 4.59. The van der Waals surface area contributed by atoms with Crippen molar-refractivity contribution in [1.82, 2.24) is 10.3 Å². The fourth-order valence-electron chi connectivity index (χ4n) is 2.38. The molecule has 1 aliphatic rings. The van der Waals surface area contributed by atoms with Crippen molar-refractivity contribution in [3.63, 3.8) is 0 Å². The van der Waals surface area contributed by atoms with Crippen molar-refractivity contribution in [2.24, 2.45) is 0 Å². The Kier molecular flexibility index (Phi) is 3.37. The summed E-state index contributed by atoms with van der Waals surface area (Å²) in [5.41, 5.74) is 3.71. The summed E-state index contributed by atoms with van der Waals surface area (Å²) in [5.74, 6) is 0. The van der Waals surface area contributed by atoms with Gasteiger partial charge in [0.1, 0.15) is 0 Å². The van der Waals surface area contributed by atoms with Gasteiger partial charge in [-0.3, -0.25) is 4.98 Å². The number of pyridine rings is 1. The van der Waals surface area contributed by atoms with Gasteiger partial charge in [0, 0.05) is 23.9 Å². The van der Waals surface area contributed by atoms with Crippen LogP contribution in [0.15, 0.2) is 12.1 Å². The second-order valence-corrected chi connectivity index (χ2v) is 4.63. The van der Waals surface area contributed by atoms with Crippen LogP contribution in [0, 0.1) is 13.8 Å². The molecule has 0 unspecified atom stereocenters. The number of nitrogens with one attached hydrogen (secondary N) is 1. The summed E-state index contributed by atoms with van der Waals surface area (Å²) >= 11 is 0. The minimum Gasteiger partial charge on any atom is -0.314 e. The number of hydrogen-bond donors (Lipinski definition) is 1. The second-order valence-electron chi connectivity index (χ2n) is 4.63. The van der Waals surface area contributed by atoms with Crippen molar-refractivity contribution < 1.29 is 0 Å². The molecule has 1 fully saturated rings. The molecule has 15 heavy (non-hydrogen) atoms. The summed E-state index contributed by atoms with van der Waals surface area (Å²) < 4.78 is 0. The number of piperidine rings is 1. The van der Waals surface area contributed by atoms with Gasteiger partial charge < -0.3 is 5.32 Å². The van der Waals surface area contributed by atoms with Crippen molar-refractivity contribution >= 4 is 0 Å². The second kappa shape index (κ2) is 4.75. The molecule has 0 spiro atoms. The molecule has 0 aliphatic carbocycles. The molecule has 1 aromatic heterocycles. The first kappa shape index (κ1) is 10.6. The molecule has 0 bridgehead atoms. The fraction of sp³-hybridized carbons (Fsp3) is 0.615. The summed E-state index contributed by atoms with van der Waals surface area (Å²) in [6.07, 6.45) is 5.08. The van der Waals surface area contributed by atoms with E-state index in [9.17, 15) is 0 Å². The number of rotatable bonds is 2. The van der Waals surface area contributed by atoms with E-state index >= 15 is 0 Å². The van der Waals surface area contributed by atoms with E-state index in [1.165, 1.54) is 37.1 Å². The van der Waals surface area contributed by atoms with Crippen LogP contribution in [0.1, 0.15) is 36.2 Å². The average molecular weight is 204 g/mol. The number of aryl methyl sites for hydroxylation is 2. The van der Waals surface area contributed by atoms with Crippen LogP contribution in [0.5, 0.6) is 0 Å². The molecule has 2 rings (SSSR count). The summed E-state index contributed by atoms with van der Waals surface area (Å²) in [7, 11) is 0. The summed E-state index contributed by atoms with van der Waals surface area (Å²) in [6.45, 7) is 5.40. The van der Waals surface area contributed by atoms with Crippen molar-refractivity contribution in [2.45, 2.75) is 45.6 Å². The number of aromatic nitrogens is 1. The molecule has 1 N–H and O–H groups in total. The molecule has 2 nitrogen and oxygen atoms in total. The van der Waals surface area contributed by atoms with Gasteiger partial charge in [-0.15, -0.1) is 0 Å². The third-order valence-electron chi connectivity index (χ3n) is 3.02. The third-order valence-corrected chi connectivity index (χ3v) is 3.02. The van der Waals surface area contributed by atoms with E-state index in [-0.39, 0.29) is 0 Å². The van der Waals surface area contributed by atoms with E-state index in [1.807, 2.05) is 0 Å². The highest BCUT2D eigenvalue weighted by atomic mass is 14.9. The first-order valence-corrected chi connectivity index (χ1v) is 5.91. The first-order valence-electron chi connectivity index (χ1n) is 5.91. The highest BCUT2D eigenvalue weighted by molar-refractivity contribution is 5.20. The quantitative estimate of drug-likeness (QED) is 0.800. The topological polar surface area (TPSA) is 24.9 Å². The zero-order valence-electron chi connectivity index (χ0n) is 9.71. The molecule has 0 amide bonds. The van der Waals surface area contributed by atoms with Crippen molar-refractivity contribution in [2.75, 3.05) is 6.54 Å². The molecule has 2 heteroatoms. The Bertz CT molecular complexity index is 307. The van der Waals surface area contributed by atoms with Gasteiger partial charge >= 0.3 is 0 Å². The highest BCUT2D eigenvalue weighted by Gasteiger charge is 2.13. The lowest BCUT2D eigenvalue weighted by Gasteiger charge is -2.23. The zero-order chi connectivity index (χ0) is 10.7. The van der Waals surface area contributed by atoms with E-state index in [4.69, 9.17) is 0 Å². The zero-order valence-corrected chi connectivity index (χ0v) is 9.71. The maximum absolute atomic E-state index is 4.59. The molecule has 0 aromatic carbocycles. The normalized spacial score (nSPS) is 21.6. The molecular formula is C13H20N2. The monoisotopic (exact) mass is 204 g/mol. The van der Waals surface area contributed by atoms with Gasteiger partial charge in [-0.25, -0.2) is 0 Å². The van der Waals surface area contributed by atoms with Gasteiger partial charge in [0.05, 0.1) is 0 Å². The van der Waals surface area contributed by atoms with E-state index in [0.717, 1.165) is 12.1 Å².